The average Bonchev–Trinajstić information content (AvgIpc) is 1.98. The predicted molar refractivity (Wildman–Crippen MR) is 52.5 cm³/mol. The normalized spacial score (nSPS) is 10.1. The van der Waals surface area contributed by atoms with E-state index in [0.29, 0.717) is 15.6 Å². The van der Waals surface area contributed by atoms with E-state index in [1.807, 2.05) is 0 Å². The highest BCUT2D eigenvalue weighted by molar-refractivity contribution is 6.34. The lowest BCUT2D eigenvalue weighted by Gasteiger charge is -2.05. The number of aliphatic carboxylic acids is 1. The van der Waals surface area contributed by atoms with Crippen molar-refractivity contribution < 1.29 is 9.90 Å². The molecule has 0 aliphatic heterocycles. The van der Waals surface area contributed by atoms with Gasteiger partial charge in [0, 0.05) is 10.0 Å². The van der Waals surface area contributed by atoms with E-state index in [1.165, 1.54) is 0 Å². The maximum absolute atomic E-state index is 10.4. The first-order valence-electron chi connectivity index (χ1n) is 3.67. The van der Waals surface area contributed by atoms with Crippen LogP contribution in [0, 0.1) is 6.92 Å². The zero-order chi connectivity index (χ0) is 10.0. The molecule has 0 spiro atoms. The van der Waals surface area contributed by atoms with E-state index in [9.17, 15) is 4.79 Å². The van der Waals surface area contributed by atoms with E-state index >= 15 is 0 Å². The van der Waals surface area contributed by atoms with E-state index in [0.717, 1.165) is 5.56 Å². The highest BCUT2D eigenvalue weighted by Gasteiger charge is 2.08. The third kappa shape index (κ3) is 2.61. The van der Waals surface area contributed by atoms with Crippen molar-refractivity contribution in [1.82, 2.24) is 0 Å². The molecule has 0 radical (unpaired) electrons. The summed E-state index contributed by atoms with van der Waals surface area (Å²) in [5.41, 5.74) is 1.35. The molecule has 13 heavy (non-hydrogen) atoms. The molecule has 0 unspecified atom stereocenters. The largest absolute Gasteiger partial charge is 0.481 e. The molecule has 0 aliphatic rings. The number of hydrogen-bond acceptors (Lipinski definition) is 1. The van der Waals surface area contributed by atoms with Gasteiger partial charge in [0.1, 0.15) is 0 Å². The average molecular weight is 219 g/mol. The van der Waals surface area contributed by atoms with Crippen molar-refractivity contribution in [3.05, 3.63) is 33.3 Å². The molecule has 0 saturated heterocycles. The lowest BCUT2D eigenvalue weighted by atomic mass is 10.1. The summed E-state index contributed by atoms with van der Waals surface area (Å²) in [4.78, 5) is 10.4. The van der Waals surface area contributed by atoms with Gasteiger partial charge in [-0.15, -0.1) is 0 Å². The Kier molecular flexibility index (Phi) is 3.17. The van der Waals surface area contributed by atoms with Crippen molar-refractivity contribution in [2.75, 3.05) is 0 Å². The summed E-state index contributed by atoms with van der Waals surface area (Å²) in [5, 5.41) is 9.56. The lowest BCUT2D eigenvalue weighted by molar-refractivity contribution is -0.136. The molecule has 0 saturated carbocycles. The number of benzene rings is 1. The van der Waals surface area contributed by atoms with Gasteiger partial charge in [-0.2, -0.15) is 0 Å². The molecule has 1 N–H and O–H groups in total. The Bertz CT molecular complexity index is 348. The number of carboxylic acids is 1. The summed E-state index contributed by atoms with van der Waals surface area (Å²) in [6.07, 6.45) is -0.0970. The first kappa shape index (κ1) is 10.4. The lowest BCUT2D eigenvalue weighted by Crippen LogP contribution is -2.01. The molecule has 0 aromatic heterocycles. The van der Waals surface area contributed by atoms with Gasteiger partial charge in [-0.25, -0.2) is 0 Å². The van der Waals surface area contributed by atoms with Crippen molar-refractivity contribution in [3.8, 4) is 0 Å². The van der Waals surface area contributed by atoms with Crippen LogP contribution < -0.4 is 0 Å². The summed E-state index contributed by atoms with van der Waals surface area (Å²) in [5.74, 6) is -0.913. The SMILES string of the molecule is Cc1cc(Cl)cc(CC(=O)O)c1Cl. The molecule has 0 aliphatic carbocycles. The van der Waals surface area contributed by atoms with Crippen molar-refractivity contribution in [3.63, 3.8) is 0 Å². The molecule has 4 heteroatoms. The molecule has 1 aromatic rings. The van der Waals surface area contributed by atoms with Crippen molar-refractivity contribution in [2.24, 2.45) is 0 Å². The zero-order valence-corrected chi connectivity index (χ0v) is 8.49. The monoisotopic (exact) mass is 218 g/mol. The van der Waals surface area contributed by atoms with E-state index in [1.54, 1.807) is 19.1 Å². The number of halogens is 2. The number of hydrogen-bond donors (Lipinski definition) is 1. The molecule has 0 heterocycles. The second kappa shape index (κ2) is 3.99. The zero-order valence-electron chi connectivity index (χ0n) is 6.97. The van der Waals surface area contributed by atoms with Crippen LogP contribution in [0.25, 0.3) is 0 Å². The van der Waals surface area contributed by atoms with E-state index in [4.69, 9.17) is 28.3 Å². The topological polar surface area (TPSA) is 37.3 Å². The van der Waals surface area contributed by atoms with Gasteiger partial charge < -0.3 is 5.11 Å². The minimum absolute atomic E-state index is 0.0970. The molecule has 0 atom stereocenters. The Labute approximate surface area is 86.1 Å². The molecule has 0 amide bonds. The van der Waals surface area contributed by atoms with Gasteiger partial charge in [0.2, 0.25) is 0 Å². The fourth-order valence-corrected chi connectivity index (χ4v) is 1.56. The first-order chi connectivity index (χ1) is 6.00. The van der Waals surface area contributed by atoms with Crippen LogP contribution in [0.15, 0.2) is 12.1 Å². The maximum Gasteiger partial charge on any atom is 0.307 e. The number of aryl methyl sites for hydroxylation is 1. The summed E-state index contributed by atoms with van der Waals surface area (Å²) >= 11 is 11.6. The number of carbonyl (C=O) groups is 1. The molecule has 1 rings (SSSR count). The van der Waals surface area contributed by atoms with Crippen LogP contribution in [0.5, 0.6) is 0 Å². The van der Waals surface area contributed by atoms with Crippen LogP contribution in [-0.2, 0) is 11.2 Å². The smallest absolute Gasteiger partial charge is 0.307 e. The van der Waals surface area contributed by atoms with Crippen LogP contribution in [0.3, 0.4) is 0 Å². The van der Waals surface area contributed by atoms with Crippen molar-refractivity contribution in [2.45, 2.75) is 13.3 Å². The Hall–Kier alpha value is -0.730. The van der Waals surface area contributed by atoms with Crippen molar-refractivity contribution in [1.29, 1.82) is 0 Å². The van der Waals surface area contributed by atoms with Gasteiger partial charge in [0.25, 0.3) is 0 Å². The third-order valence-corrected chi connectivity index (χ3v) is 2.40. The summed E-state index contributed by atoms with van der Waals surface area (Å²) in [7, 11) is 0. The van der Waals surface area contributed by atoms with Crippen LogP contribution in [0.1, 0.15) is 11.1 Å². The van der Waals surface area contributed by atoms with Gasteiger partial charge in [-0.05, 0) is 30.2 Å². The van der Waals surface area contributed by atoms with Gasteiger partial charge in [-0.3, -0.25) is 4.79 Å². The summed E-state index contributed by atoms with van der Waals surface area (Å²) < 4.78 is 0. The molecule has 1 aromatic carbocycles. The molecule has 70 valence electrons. The number of rotatable bonds is 2. The van der Waals surface area contributed by atoms with Crippen LogP contribution in [-0.4, -0.2) is 11.1 Å². The van der Waals surface area contributed by atoms with Gasteiger partial charge >= 0.3 is 5.97 Å². The third-order valence-electron chi connectivity index (χ3n) is 1.64. The summed E-state index contributed by atoms with van der Waals surface area (Å²) in [6.45, 7) is 1.79. The Balaban J connectivity index is 3.12. The Morgan fingerprint density at radius 1 is 1.46 bits per heavy atom. The van der Waals surface area contributed by atoms with Crippen molar-refractivity contribution >= 4 is 29.2 Å². The second-order valence-electron chi connectivity index (χ2n) is 2.77. The van der Waals surface area contributed by atoms with Crippen LogP contribution in [0.4, 0.5) is 0 Å². The van der Waals surface area contributed by atoms with E-state index in [-0.39, 0.29) is 6.42 Å². The first-order valence-corrected chi connectivity index (χ1v) is 4.42. The second-order valence-corrected chi connectivity index (χ2v) is 3.58. The van der Waals surface area contributed by atoms with Crippen LogP contribution in [0.2, 0.25) is 10.0 Å². The van der Waals surface area contributed by atoms with Crippen LogP contribution >= 0.6 is 23.2 Å². The quantitative estimate of drug-likeness (QED) is 0.830. The number of carboxylic acid groups (broad SMARTS) is 1. The van der Waals surface area contributed by atoms with E-state index in [2.05, 4.69) is 0 Å². The highest BCUT2D eigenvalue weighted by Crippen LogP contribution is 2.25. The molecule has 0 bridgehead atoms. The molecular weight excluding hydrogens is 211 g/mol. The summed E-state index contributed by atoms with van der Waals surface area (Å²) in [6, 6.07) is 3.28. The maximum atomic E-state index is 10.4. The fourth-order valence-electron chi connectivity index (χ4n) is 1.09. The highest BCUT2D eigenvalue weighted by atomic mass is 35.5. The van der Waals surface area contributed by atoms with E-state index < -0.39 is 5.97 Å². The minimum Gasteiger partial charge on any atom is -0.481 e. The fraction of sp³-hybridized carbons (Fsp3) is 0.222. The van der Waals surface area contributed by atoms with Gasteiger partial charge in [0.05, 0.1) is 6.42 Å². The Morgan fingerprint density at radius 2 is 2.08 bits per heavy atom. The van der Waals surface area contributed by atoms with Gasteiger partial charge in [0.15, 0.2) is 0 Å². The predicted octanol–water partition coefficient (Wildman–Crippen LogP) is 2.93. The molecule has 0 fully saturated rings. The molecule has 2 nitrogen and oxygen atoms in total. The standard InChI is InChI=1S/C9H8Cl2O2/c1-5-2-7(10)3-6(9(5)11)4-8(12)13/h2-3H,4H2,1H3,(H,12,13). The Morgan fingerprint density at radius 3 is 2.62 bits per heavy atom. The van der Waals surface area contributed by atoms with Gasteiger partial charge in [-0.1, -0.05) is 23.2 Å². The molecular formula is C9H8Cl2O2. The minimum atomic E-state index is -0.913.